The van der Waals surface area contributed by atoms with Gasteiger partial charge in [0.1, 0.15) is 0 Å². The molecule has 0 radical (unpaired) electrons. The number of hydrogen-bond acceptors (Lipinski definition) is 4. The lowest BCUT2D eigenvalue weighted by Gasteiger charge is -2.13. The zero-order valence-corrected chi connectivity index (χ0v) is 11.7. The number of esters is 1. The maximum Gasteiger partial charge on any atom is 0.309 e. The van der Waals surface area contributed by atoms with E-state index in [0.29, 0.717) is 5.69 Å². The molecule has 104 valence electrons. The third-order valence-electron chi connectivity index (χ3n) is 3.33. The fourth-order valence-electron chi connectivity index (χ4n) is 1.82. The molecule has 1 unspecified atom stereocenters. The van der Waals surface area contributed by atoms with E-state index in [1.54, 1.807) is 11.6 Å². The van der Waals surface area contributed by atoms with Gasteiger partial charge in [0.15, 0.2) is 6.10 Å². The summed E-state index contributed by atoms with van der Waals surface area (Å²) in [5.41, 5.74) is 2.29. The van der Waals surface area contributed by atoms with Gasteiger partial charge in [-0.1, -0.05) is 0 Å². The molecular weight excluding hydrogens is 246 g/mol. The lowest BCUT2D eigenvalue weighted by Crippen LogP contribution is -2.30. The quantitative estimate of drug-likeness (QED) is 0.833. The van der Waals surface area contributed by atoms with Crippen LogP contribution in [-0.4, -0.2) is 27.8 Å². The van der Waals surface area contributed by atoms with Crippen molar-refractivity contribution >= 4 is 17.6 Å². The zero-order chi connectivity index (χ0) is 14.2. The first-order valence-corrected chi connectivity index (χ1v) is 6.41. The van der Waals surface area contributed by atoms with Gasteiger partial charge in [-0.2, -0.15) is 5.10 Å². The Balaban J connectivity index is 1.97. The summed E-state index contributed by atoms with van der Waals surface area (Å²) >= 11 is 0. The van der Waals surface area contributed by atoms with Crippen molar-refractivity contribution in [2.24, 2.45) is 13.0 Å². The molecule has 6 nitrogen and oxygen atoms in total. The van der Waals surface area contributed by atoms with Crippen molar-refractivity contribution in [3.63, 3.8) is 0 Å². The van der Waals surface area contributed by atoms with Gasteiger partial charge in [0, 0.05) is 7.05 Å². The van der Waals surface area contributed by atoms with Crippen LogP contribution in [0.1, 0.15) is 31.2 Å². The van der Waals surface area contributed by atoms with Crippen molar-refractivity contribution in [2.45, 2.75) is 39.7 Å². The Morgan fingerprint density at radius 3 is 2.53 bits per heavy atom. The normalized spacial score (nSPS) is 16.0. The van der Waals surface area contributed by atoms with E-state index in [0.717, 1.165) is 24.2 Å². The van der Waals surface area contributed by atoms with E-state index in [-0.39, 0.29) is 17.8 Å². The Morgan fingerprint density at radius 1 is 1.42 bits per heavy atom. The number of ether oxygens (including phenoxy) is 1. The zero-order valence-electron chi connectivity index (χ0n) is 11.7. The van der Waals surface area contributed by atoms with Crippen LogP contribution in [0, 0.1) is 19.8 Å². The number of anilines is 1. The molecule has 1 heterocycles. The van der Waals surface area contributed by atoms with Gasteiger partial charge in [0.25, 0.3) is 5.91 Å². The van der Waals surface area contributed by atoms with Crippen LogP contribution >= 0.6 is 0 Å². The number of carbonyl (C=O) groups excluding carboxylic acids is 2. The molecule has 19 heavy (non-hydrogen) atoms. The summed E-state index contributed by atoms with van der Waals surface area (Å²) in [7, 11) is 1.81. The van der Waals surface area contributed by atoms with Crippen molar-refractivity contribution in [3.05, 3.63) is 11.4 Å². The summed E-state index contributed by atoms with van der Waals surface area (Å²) in [6.45, 7) is 5.27. The van der Waals surface area contributed by atoms with Crippen molar-refractivity contribution in [1.29, 1.82) is 0 Å². The summed E-state index contributed by atoms with van der Waals surface area (Å²) in [5, 5.41) is 6.98. The number of aromatic nitrogens is 2. The van der Waals surface area contributed by atoms with Gasteiger partial charge in [-0.05, 0) is 33.6 Å². The van der Waals surface area contributed by atoms with Gasteiger partial charge in [-0.3, -0.25) is 14.3 Å². The molecule has 0 saturated heterocycles. The van der Waals surface area contributed by atoms with Crippen molar-refractivity contribution in [2.75, 3.05) is 5.32 Å². The lowest BCUT2D eigenvalue weighted by molar-refractivity contribution is -0.154. The highest BCUT2D eigenvalue weighted by atomic mass is 16.5. The second kappa shape index (κ2) is 5.03. The van der Waals surface area contributed by atoms with E-state index in [1.165, 1.54) is 0 Å². The summed E-state index contributed by atoms with van der Waals surface area (Å²) in [6.07, 6.45) is 0.953. The van der Waals surface area contributed by atoms with Crippen molar-refractivity contribution < 1.29 is 14.3 Å². The topological polar surface area (TPSA) is 73.2 Å². The molecule has 1 aliphatic rings. The molecule has 1 fully saturated rings. The molecule has 1 aromatic heterocycles. The molecule has 0 bridgehead atoms. The molecule has 6 heteroatoms. The van der Waals surface area contributed by atoms with Crippen LogP contribution in [0.2, 0.25) is 0 Å². The van der Waals surface area contributed by atoms with E-state index in [1.807, 2.05) is 20.9 Å². The molecule has 0 aliphatic heterocycles. The van der Waals surface area contributed by atoms with Crippen molar-refractivity contribution in [1.82, 2.24) is 9.78 Å². The maximum absolute atomic E-state index is 12.0. The number of aryl methyl sites for hydroxylation is 2. The Kier molecular flexibility index (Phi) is 3.59. The average Bonchev–Trinajstić information content (AvgIpc) is 3.14. The van der Waals surface area contributed by atoms with Crippen LogP contribution in [0.3, 0.4) is 0 Å². The SMILES string of the molecule is Cc1nn(C)c(C)c1NC(=O)C(C)OC(=O)C1CC1. The molecule has 1 aromatic rings. The molecule has 2 rings (SSSR count). The molecule has 1 saturated carbocycles. The summed E-state index contributed by atoms with van der Waals surface area (Å²) in [4.78, 5) is 23.5. The highest BCUT2D eigenvalue weighted by Crippen LogP contribution is 2.30. The minimum Gasteiger partial charge on any atom is -0.452 e. The minimum atomic E-state index is -0.785. The summed E-state index contributed by atoms with van der Waals surface area (Å²) in [6, 6.07) is 0. The van der Waals surface area contributed by atoms with E-state index in [2.05, 4.69) is 10.4 Å². The Morgan fingerprint density at radius 2 is 2.05 bits per heavy atom. The molecule has 1 amide bonds. The van der Waals surface area contributed by atoms with Gasteiger partial charge in [-0.15, -0.1) is 0 Å². The van der Waals surface area contributed by atoms with Crippen molar-refractivity contribution in [3.8, 4) is 0 Å². The van der Waals surface area contributed by atoms with Crippen LogP contribution in [0.15, 0.2) is 0 Å². The number of rotatable bonds is 4. The monoisotopic (exact) mass is 265 g/mol. The van der Waals surface area contributed by atoms with E-state index < -0.39 is 6.10 Å². The molecule has 1 N–H and O–H groups in total. The van der Waals surface area contributed by atoms with Gasteiger partial charge in [-0.25, -0.2) is 0 Å². The number of nitrogens with zero attached hydrogens (tertiary/aromatic N) is 2. The Hall–Kier alpha value is -1.85. The highest BCUT2D eigenvalue weighted by Gasteiger charge is 2.33. The fourth-order valence-corrected chi connectivity index (χ4v) is 1.82. The molecule has 0 spiro atoms. The van der Waals surface area contributed by atoms with Gasteiger partial charge in [0.2, 0.25) is 0 Å². The van der Waals surface area contributed by atoms with E-state index in [4.69, 9.17) is 4.74 Å². The van der Waals surface area contributed by atoms with Crippen LogP contribution in [0.25, 0.3) is 0 Å². The fraction of sp³-hybridized carbons (Fsp3) is 0.615. The molecule has 1 atom stereocenters. The van der Waals surface area contributed by atoms with E-state index in [9.17, 15) is 9.59 Å². The number of amides is 1. The molecular formula is C13H19N3O3. The number of carbonyl (C=O) groups is 2. The molecule has 1 aliphatic carbocycles. The summed E-state index contributed by atoms with van der Waals surface area (Å²) < 4.78 is 6.82. The number of nitrogens with one attached hydrogen (secondary N) is 1. The Labute approximate surface area is 112 Å². The standard InChI is InChI=1S/C13H19N3O3/c1-7-11(8(2)16(4)15-7)14-12(17)9(3)19-13(18)10-5-6-10/h9-10H,5-6H2,1-4H3,(H,14,17). The van der Waals surface area contributed by atoms with Gasteiger partial charge in [0.05, 0.1) is 23.0 Å². The second-order valence-corrected chi connectivity index (χ2v) is 5.01. The summed E-state index contributed by atoms with van der Waals surface area (Å²) in [5.74, 6) is -0.604. The minimum absolute atomic E-state index is 0.00267. The lowest BCUT2D eigenvalue weighted by atomic mass is 10.3. The van der Waals surface area contributed by atoms with Crippen LogP contribution in [-0.2, 0) is 21.4 Å². The highest BCUT2D eigenvalue weighted by molar-refractivity contribution is 5.96. The van der Waals surface area contributed by atoms with Gasteiger partial charge < -0.3 is 10.1 Å². The predicted octanol–water partition coefficient (Wildman–Crippen LogP) is 1.32. The first-order chi connectivity index (χ1) is 8.90. The first-order valence-electron chi connectivity index (χ1n) is 6.41. The van der Waals surface area contributed by atoms with Crippen LogP contribution < -0.4 is 5.32 Å². The molecule has 0 aromatic carbocycles. The first kappa shape index (κ1) is 13.6. The number of hydrogen-bond donors (Lipinski definition) is 1. The van der Waals surface area contributed by atoms with Gasteiger partial charge >= 0.3 is 5.97 Å². The largest absolute Gasteiger partial charge is 0.452 e. The smallest absolute Gasteiger partial charge is 0.309 e. The Bertz CT molecular complexity index is 517. The average molecular weight is 265 g/mol. The second-order valence-electron chi connectivity index (χ2n) is 5.01. The van der Waals surface area contributed by atoms with Crippen LogP contribution in [0.5, 0.6) is 0 Å². The van der Waals surface area contributed by atoms with Crippen LogP contribution in [0.4, 0.5) is 5.69 Å². The predicted molar refractivity (Wildman–Crippen MR) is 69.6 cm³/mol. The van der Waals surface area contributed by atoms with E-state index >= 15 is 0 Å². The maximum atomic E-state index is 12.0. The third kappa shape index (κ3) is 2.94. The third-order valence-corrected chi connectivity index (χ3v) is 3.33.